The molecule has 0 spiro atoms. The van der Waals surface area contributed by atoms with Gasteiger partial charge in [0.05, 0.1) is 13.2 Å². The Kier molecular flexibility index (Phi) is 9.67. The van der Waals surface area contributed by atoms with Gasteiger partial charge in [-0.3, -0.25) is 4.90 Å². The standard InChI is InChI=1S/C17H31NO4/c1-3-5-6-7-8-11-14-22-16(19)15-12-9-10-13-18(15)17(20)21-4-2/h15H,3-14H2,1-2H3. The monoisotopic (exact) mass is 313 g/mol. The molecule has 0 radical (unpaired) electrons. The first-order valence-corrected chi connectivity index (χ1v) is 8.80. The molecule has 1 saturated heterocycles. The Morgan fingerprint density at radius 2 is 1.73 bits per heavy atom. The summed E-state index contributed by atoms with van der Waals surface area (Å²) in [6.45, 7) is 5.33. The Balaban J connectivity index is 2.27. The molecule has 1 rings (SSSR count). The van der Waals surface area contributed by atoms with Crippen molar-refractivity contribution >= 4 is 12.1 Å². The predicted molar refractivity (Wildman–Crippen MR) is 85.7 cm³/mol. The maximum Gasteiger partial charge on any atom is 0.410 e. The summed E-state index contributed by atoms with van der Waals surface area (Å²) in [7, 11) is 0. The minimum Gasteiger partial charge on any atom is -0.464 e. The van der Waals surface area contributed by atoms with Crippen LogP contribution in [0.4, 0.5) is 4.79 Å². The largest absolute Gasteiger partial charge is 0.464 e. The Hall–Kier alpha value is -1.26. The zero-order valence-corrected chi connectivity index (χ0v) is 14.1. The lowest BCUT2D eigenvalue weighted by Crippen LogP contribution is -2.48. The van der Waals surface area contributed by atoms with Gasteiger partial charge in [0.2, 0.25) is 0 Å². The van der Waals surface area contributed by atoms with E-state index in [2.05, 4.69) is 6.92 Å². The first-order chi connectivity index (χ1) is 10.7. The second-order valence-electron chi connectivity index (χ2n) is 5.84. The molecule has 0 saturated carbocycles. The van der Waals surface area contributed by atoms with Crippen molar-refractivity contribution in [2.24, 2.45) is 0 Å². The molecule has 0 aromatic rings. The molecule has 128 valence electrons. The highest BCUT2D eigenvalue weighted by atomic mass is 16.6. The number of carbonyl (C=O) groups is 2. The third kappa shape index (κ3) is 6.67. The van der Waals surface area contributed by atoms with Crippen molar-refractivity contribution in [1.29, 1.82) is 0 Å². The van der Waals surface area contributed by atoms with Gasteiger partial charge in [0.25, 0.3) is 0 Å². The van der Waals surface area contributed by atoms with Crippen LogP contribution < -0.4 is 0 Å². The maximum atomic E-state index is 12.2. The lowest BCUT2D eigenvalue weighted by Gasteiger charge is -2.33. The molecule has 5 nitrogen and oxygen atoms in total. The minimum absolute atomic E-state index is 0.277. The van der Waals surface area contributed by atoms with E-state index in [4.69, 9.17) is 9.47 Å². The molecule has 0 aromatic carbocycles. The first-order valence-electron chi connectivity index (χ1n) is 8.80. The molecule has 1 fully saturated rings. The van der Waals surface area contributed by atoms with Gasteiger partial charge in [0.15, 0.2) is 0 Å². The van der Waals surface area contributed by atoms with Crippen LogP contribution in [0.1, 0.15) is 71.6 Å². The molecule has 1 aliphatic rings. The smallest absolute Gasteiger partial charge is 0.410 e. The molecule has 1 aliphatic heterocycles. The van der Waals surface area contributed by atoms with Crippen LogP contribution in [0.5, 0.6) is 0 Å². The molecular formula is C17H31NO4. The molecule has 0 bridgehead atoms. The molecule has 5 heteroatoms. The van der Waals surface area contributed by atoms with Crippen molar-refractivity contribution in [3.63, 3.8) is 0 Å². The number of carbonyl (C=O) groups excluding carboxylic acids is 2. The summed E-state index contributed by atoms with van der Waals surface area (Å²) in [5.41, 5.74) is 0. The van der Waals surface area contributed by atoms with E-state index in [1.54, 1.807) is 6.92 Å². The third-order valence-corrected chi connectivity index (χ3v) is 4.02. The van der Waals surface area contributed by atoms with E-state index >= 15 is 0 Å². The summed E-state index contributed by atoms with van der Waals surface area (Å²) in [5.74, 6) is -0.277. The maximum absolute atomic E-state index is 12.2. The number of ether oxygens (including phenoxy) is 2. The van der Waals surface area contributed by atoms with Crippen LogP contribution >= 0.6 is 0 Å². The number of nitrogens with zero attached hydrogens (tertiary/aromatic N) is 1. The number of likely N-dealkylation sites (tertiary alicyclic amines) is 1. The average Bonchev–Trinajstić information content (AvgIpc) is 2.54. The Bertz CT molecular complexity index is 333. The van der Waals surface area contributed by atoms with E-state index < -0.39 is 12.1 Å². The minimum atomic E-state index is -0.465. The highest BCUT2D eigenvalue weighted by molar-refractivity contribution is 5.81. The third-order valence-electron chi connectivity index (χ3n) is 4.02. The highest BCUT2D eigenvalue weighted by Crippen LogP contribution is 2.19. The Morgan fingerprint density at radius 3 is 2.45 bits per heavy atom. The molecule has 1 unspecified atom stereocenters. The fourth-order valence-corrected chi connectivity index (χ4v) is 2.75. The Labute approximate surface area is 134 Å². The SMILES string of the molecule is CCCCCCCCOC(=O)C1CCCCN1C(=O)OCC. The van der Waals surface area contributed by atoms with Gasteiger partial charge in [-0.25, -0.2) is 9.59 Å². The fourth-order valence-electron chi connectivity index (χ4n) is 2.75. The van der Waals surface area contributed by atoms with E-state index in [0.29, 0.717) is 26.2 Å². The number of piperidine rings is 1. The zero-order valence-electron chi connectivity index (χ0n) is 14.1. The fraction of sp³-hybridized carbons (Fsp3) is 0.882. The van der Waals surface area contributed by atoms with E-state index in [1.165, 1.54) is 30.6 Å². The van der Waals surface area contributed by atoms with Crippen LogP contribution in [0.3, 0.4) is 0 Å². The lowest BCUT2D eigenvalue weighted by molar-refractivity contribution is -0.150. The van der Waals surface area contributed by atoms with Crippen molar-refractivity contribution in [2.45, 2.75) is 77.7 Å². The predicted octanol–water partition coefficient (Wildman–Crippen LogP) is 3.90. The molecule has 0 aliphatic carbocycles. The van der Waals surface area contributed by atoms with Crippen LogP contribution in [0.25, 0.3) is 0 Å². The van der Waals surface area contributed by atoms with Gasteiger partial charge in [-0.2, -0.15) is 0 Å². The van der Waals surface area contributed by atoms with Crippen molar-refractivity contribution in [2.75, 3.05) is 19.8 Å². The summed E-state index contributed by atoms with van der Waals surface area (Å²) >= 11 is 0. The number of hydrogen-bond acceptors (Lipinski definition) is 4. The van der Waals surface area contributed by atoms with E-state index in [0.717, 1.165) is 25.7 Å². The molecule has 22 heavy (non-hydrogen) atoms. The highest BCUT2D eigenvalue weighted by Gasteiger charge is 2.34. The van der Waals surface area contributed by atoms with Gasteiger partial charge >= 0.3 is 12.1 Å². The summed E-state index contributed by atoms with van der Waals surface area (Å²) in [4.78, 5) is 25.6. The van der Waals surface area contributed by atoms with Crippen LogP contribution in [0.15, 0.2) is 0 Å². The first kappa shape index (κ1) is 18.8. The van der Waals surface area contributed by atoms with Crippen molar-refractivity contribution in [3.05, 3.63) is 0 Å². The zero-order chi connectivity index (χ0) is 16.2. The summed E-state index contributed by atoms with van der Waals surface area (Å²) in [6.07, 6.45) is 9.11. The van der Waals surface area contributed by atoms with E-state index in [-0.39, 0.29) is 5.97 Å². The van der Waals surface area contributed by atoms with Crippen LogP contribution in [-0.4, -0.2) is 42.8 Å². The normalized spacial score (nSPS) is 18.1. The number of amides is 1. The van der Waals surface area contributed by atoms with Gasteiger partial charge in [-0.15, -0.1) is 0 Å². The molecule has 1 atom stereocenters. The van der Waals surface area contributed by atoms with E-state index in [9.17, 15) is 9.59 Å². The number of hydrogen-bond donors (Lipinski definition) is 0. The lowest BCUT2D eigenvalue weighted by atomic mass is 10.0. The molecular weight excluding hydrogens is 282 g/mol. The van der Waals surface area contributed by atoms with E-state index in [1.807, 2.05) is 0 Å². The van der Waals surface area contributed by atoms with Crippen molar-refractivity contribution < 1.29 is 19.1 Å². The van der Waals surface area contributed by atoms with Crippen molar-refractivity contribution in [3.8, 4) is 0 Å². The molecule has 0 N–H and O–H groups in total. The van der Waals surface area contributed by atoms with Gasteiger partial charge in [0, 0.05) is 6.54 Å². The number of rotatable bonds is 9. The Morgan fingerprint density at radius 1 is 1.00 bits per heavy atom. The van der Waals surface area contributed by atoms with Gasteiger partial charge in [0.1, 0.15) is 6.04 Å². The molecule has 1 heterocycles. The summed E-state index contributed by atoms with van der Waals surface area (Å²) in [5, 5.41) is 0. The van der Waals surface area contributed by atoms with Crippen LogP contribution in [0, 0.1) is 0 Å². The second kappa shape index (κ2) is 11.3. The quantitative estimate of drug-likeness (QED) is 0.478. The summed E-state index contributed by atoms with van der Waals surface area (Å²) in [6, 6.07) is -0.465. The number of unbranched alkanes of at least 4 members (excludes halogenated alkanes) is 5. The summed E-state index contributed by atoms with van der Waals surface area (Å²) < 4.78 is 10.4. The van der Waals surface area contributed by atoms with Crippen LogP contribution in [-0.2, 0) is 14.3 Å². The molecule has 0 aromatic heterocycles. The van der Waals surface area contributed by atoms with Gasteiger partial charge in [-0.05, 0) is 32.6 Å². The topological polar surface area (TPSA) is 55.8 Å². The average molecular weight is 313 g/mol. The van der Waals surface area contributed by atoms with Gasteiger partial charge < -0.3 is 9.47 Å². The second-order valence-corrected chi connectivity index (χ2v) is 5.84. The number of esters is 1. The molecule has 1 amide bonds. The van der Waals surface area contributed by atoms with Crippen LogP contribution in [0.2, 0.25) is 0 Å². The van der Waals surface area contributed by atoms with Gasteiger partial charge in [-0.1, -0.05) is 39.0 Å². The van der Waals surface area contributed by atoms with Crippen molar-refractivity contribution in [1.82, 2.24) is 4.90 Å².